The number of rotatable bonds is 7. The fourth-order valence-corrected chi connectivity index (χ4v) is 2.99. The van der Waals surface area contributed by atoms with E-state index in [1.54, 1.807) is 19.1 Å². The lowest BCUT2D eigenvalue weighted by atomic mass is 9.84. The minimum atomic E-state index is -0.263. The molecule has 5 heteroatoms. The zero-order valence-corrected chi connectivity index (χ0v) is 17.1. The number of aryl methyl sites for hydroxylation is 1. The van der Waals surface area contributed by atoms with Gasteiger partial charge in [-0.05, 0) is 49.2 Å². The number of methoxy groups -OCH3 is 2. The summed E-state index contributed by atoms with van der Waals surface area (Å²) in [6.07, 6.45) is 0. The van der Waals surface area contributed by atoms with Crippen LogP contribution in [0.15, 0.2) is 42.5 Å². The number of nitrogens with one attached hydrogen (secondary N) is 1. The molecular weight excluding hydrogens is 340 g/mol. The van der Waals surface area contributed by atoms with Crippen LogP contribution in [0.2, 0.25) is 0 Å². The standard InChI is InChI=1S/C22H30N2O3/c1-7-24(18-10-8-9-16(2)13-18)21(25)23-15-22(3,4)17-11-12-19(26-5)20(14-17)27-6/h8-14H,7,15H2,1-6H3,(H,23,25). The summed E-state index contributed by atoms with van der Waals surface area (Å²) in [5.74, 6) is 1.38. The minimum absolute atomic E-state index is 0.100. The van der Waals surface area contributed by atoms with E-state index < -0.39 is 0 Å². The second kappa shape index (κ2) is 8.80. The number of carbonyl (C=O) groups is 1. The third-order valence-corrected chi connectivity index (χ3v) is 4.72. The van der Waals surface area contributed by atoms with Gasteiger partial charge < -0.3 is 14.8 Å². The summed E-state index contributed by atoms with van der Waals surface area (Å²) in [6.45, 7) is 9.29. The summed E-state index contributed by atoms with van der Waals surface area (Å²) in [6, 6.07) is 13.7. The first-order valence-corrected chi connectivity index (χ1v) is 9.17. The second-order valence-corrected chi connectivity index (χ2v) is 7.20. The number of nitrogens with zero attached hydrogens (tertiary/aromatic N) is 1. The smallest absolute Gasteiger partial charge is 0.321 e. The third kappa shape index (κ3) is 4.94. The first kappa shape index (κ1) is 20.6. The van der Waals surface area contributed by atoms with Crippen molar-refractivity contribution in [1.82, 2.24) is 5.32 Å². The topological polar surface area (TPSA) is 50.8 Å². The highest BCUT2D eigenvalue weighted by Gasteiger charge is 2.24. The molecule has 2 amide bonds. The Morgan fingerprint density at radius 1 is 1.07 bits per heavy atom. The molecule has 0 aromatic heterocycles. The van der Waals surface area contributed by atoms with Crippen LogP contribution in [0.25, 0.3) is 0 Å². The summed E-state index contributed by atoms with van der Waals surface area (Å²) in [7, 11) is 3.24. The molecule has 0 aliphatic rings. The van der Waals surface area contributed by atoms with Gasteiger partial charge in [-0.25, -0.2) is 4.79 Å². The van der Waals surface area contributed by atoms with Crippen LogP contribution in [-0.2, 0) is 5.41 Å². The molecule has 0 saturated heterocycles. The monoisotopic (exact) mass is 370 g/mol. The Morgan fingerprint density at radius 2 is 1.78 bits per heavy atom. The fourth-order valence-electron chi connectivity index (χ4n) is 2.99. The van der Waals surface area contributed by atoms with Crippen LogP contribution >= 0.6 is 0 Å². The van der Waals surface area contributed by atoms with E-state index in [-0.39, 0.29) is 11.4 Å². The normalized spacial score (nSPS) is 11.0. The number of hydrogen-bond donors (Lipinski definition) is 1. The Labute approximate surface area is 162 Å². The minimum Gasteiger partial charge on any atom is -0.493 e. The molecule has 1 N–H and O–H groups in total. The molecule has 0 aliphatic heterocycles. The lowest BCUT2D eigenvalue weighted by molar-refractivity contribution is 0.244. The van der Waals surface area contributed by atoms with Crippen molar-refractivity contribution in [2.45, 2.75) is 33.1 Å². The highest BCUT2D eigenvalue weighted by molar-refractivity contribution is 5.92. The van der Waals surface area contributed by atoms with Crippen molar-refractivity contribution in [1.29, 1.82) is 0 Å². The quantitative estimate of drug-likeness (QED) is 0.779. The molecule has 0 spiro atoms. The van der Waals surface area contributed by atoms with Gasteiger partial charge in [0.2, 0.25) is 0 Å². The maximum atomic E-state index is 12.8. The molecule has 0 bridgehead atoms. The van der Waals surface area contributed by atoms with E-state index in [1.165, 1.54) is 0 Å². The fraction of sp³-hybridized carbons (Fsp3) is 0.409. The molecule has 2 rings (SSSR count). The Hall–Kier alpha value is -2.69. The molecule has 27 heavy (non-hydrogen) atoms. The molecule has 0 unspecified atom stereocenters. The first-order chi connectivity index (χ1) is 12.8. The molecule has 0 saturated carbocycles. The van der Waals surface area contributed by atoms with Crippen molar-refractivity contribution in [3.05, 3.63) is 53.6 Å². The highest BCUT2D eigenvalue weighted by Crippen LogP contribution is 2.33. The van der Waals surface area contributed by atoms with Gasteiger partial charge in [0.25, 0.3) is 0 Å². The SMILES string of the molecule is CCN(C(=O)NCC(C)(C)c1ccc(OC)c(OC)c1)c1cccc(C)c1. The Balaban J connectivity index is 2.12. The summed E-state index contributed by atoms with van der Waals surface area (Å²) < 4.78 is 10.7. The lowest BCUT2D eigenvalue weighted by Crippen LogP contribution is -2.44. The molecular formula is C22H30N2O3. The molecule has 0 atom stereocenters. The van der Waals surface area contributed by atoms with Crippen molar-refractivity contribution in [2.24, 2.45) is 0 Å². The molecule has 0 heterocycles. The van der Waals surface area contributed by atoms with Crippen LogP contribution in [0.4, 0.5) is 10.5 Å². The number of ether oxygens (including phenoxy) is 2. The molecule has 0 radical (unpaired) electrons. The molecule has 146 valence electrons. The van der Waals surface area contributed by atoms with E-state index in [1.807, 2.05) is 56.3 Å². The average molecular weight is 370 g/mol. The van der Waals surface area contributed by atoms with Crippen molar-refractivity contribution >= 4 is 11.7 Å². The van der Waals surface area contributed by atoms with Crippen LogP contribution in [0.3, 0.4) is 0 Å². The van der Waals surface area contributed by atoms with Crippen LogP contribution < -0.4 is 19.7 Å². The van der Waals surface area contributed by atoms with Gasteiger partial charge in [0.15, 0.2) is 11.5 Å². The summed E-state index contributed by atoms with van der Waals surface area (Å²) in [5.41, 5.74) is 2.84. The molecule has 5 nitrogen and oxygen atoms in total. The van der Waals surface area contributed by atoms with Gasteiger partial charge in [-0.15, -0.1) is 0 Å². The van der Waals surface area contributed by atoms with Gasteiger partial charge in [-0.3, -0.25) is 4.90 Å². The molecule has 2 aromatic carbocycles. The van der Waals surface area contributed by atoms with Crippen LogP contribution in [0, 0.1) is 6.92 Å². The van der Waals surface area contributed by atoms with Crippen molar-refractivity contribution < 1.29 is 14.3 Å². The number of hydrogen-bond acceptors (Lipinski definition) is 3. The maximum absolute atomic E-state index is 12.8. The van der Waals surface area contributed by atoms with E-state index in [0.29, 0.717) is 24.6 Å². The zero-order chi connectivity index (χ0) is 20.0. The van der Waals surface area contributed by atoms with Crippen molar-refractivity contribution in [2.75, 3.05) is 32.2 Å². The first-order valence-electron chi connectivity index (χ1n) is 9.17. The van der Waals surface area contributed by atoms with Crippen LogP contribution in [-0.4, -0.2) is 33.3 Å². The third-order valence-electron chi connectivity index (χ3n) is 4.72. The van der Waals surface area contributed by atoms with Gasteiger partial charge in [0.05, 0.1) is 14.2 Å². The Kier molecular flexibility index (Phi) is 6.72. The number of urea groups is 1. The largest absolute Gasteiger partial charge is 0.493 e. The van der Waals surface area contributed by atoms with E-state index >= 15 is 0 Å². The number of amides is 2. The lowest BCUT2D eigenvalue weighted by Gasteiger charge is -2.29. The van der Waals surface area contributed by atoms with Gasteiger partial charge in [0, 0.05) is 24.2 Å². The van der Waals surface area contributed by atoms with E-state index in [2.05, 4.69) is 19.2 Å². The molecule has 0 aliphatic carbocycles. The van der Waals surface area contributed by atoms with Gasteiger partial charge >= 0.3 is 6.03 Å². The van der Waals surface area contributed by atoms with Gasteiger partial charge in [0.1, 0.15) is 0 Å². The van der Waals surface area contributed by atoms with E-state index in [4.69, 9.17) is 9.47 Å². The summed E-state index contributed by atoms with van der Waals surface area (Å²) in [5, 5.41) is 3.07. The number of carbonyl (C=O) groups excluding carboxylic acids is 1. The Bertz CT molecular complexity index is 787. The van der Waals surface area contributed by atoms with E-state index in [9.17, 15) is 4.79 Å². The summed E-state index contributed by atoms with van der Waals surface area (Å²) in [4.78, 5) is 14.5. The predicted molar refractivity (Wildman–Crippen MR) is 110 cm³/mol. The van der Waals surface area contributed by atoms with Crippen molar-refractivity contribution in [3.8, 4) is 11.5 Å². The maximum Gasteiger partial charge on any atom is 0.321 e. The Morgan fingerprint density at radius 3 is 2.37 bits per heavy atom. The van der Waals surface area contributed by atoms with Crippen molar-refractivity contribution in [3.63, 3.8) is 0 Å². The molecule has 0 fully saturated rings. The highest BCUT2D eigenvalue weighted by atomic mass is 16.5. The molecule has 2 aromatic rings. The summed E-state index contributed by atoms with van der Waals surface area (Å²) >= 11 is 0. The van der Waals surface area contributed by atoms with Gasteiger partial charge in [-0.2, -0.15) is 0 Å². The van der Waals surface area contributed by atoms with Crippen LogP contribution in [0.1, 0.15) is 31.9 Å². The number of anilines is 1. The van der Waals surface area contributed by atoms with Gasteiger partial charge in [-0.1, -0.05) is 32.0 Å². The predicted octanol–water partition coefficient (Wildman–Crippen LogP) is 4.53. The van der Waals surface area contributed by atoms with Crippen LogP contribution in [0.5, 0.6) is 11.5 Å². The zero-order valence-electron chi connectivity index (χ0n) is 17.1. The second-order valence-electron chi connectivity index (χ2n) is 7.20. The average Bonchev–Trinajstić information content (AvgIpc) is 2.66. The number of benzene rings is 2. The van der Waals surface area contributed by atoms with E-state index in [0.717, 1.165) is 16.8 Å².